The molecule has 0 unspecified atom stereocenters. The number of likely N-dealkylation sites (tertiary alicyclic amines) is 1. The predicted octanol–water partition coefficient (Wildman–Crippen LogP) is 4.51. The van der Waals surface area contributed by atoms with E-state index >= 15 is 0 Å². The Hall–Kier alpha value is -0.970. The molecular formula is C21H32ClNO3. The first kappa shape index (κ1) is 19.8. The third-order valence-corrected chi connectivity index (χ3v) is 6.29. The number of halogens is 1. The molecule has 2 aliphatic rings. The van der Waals surface area contributed by atoms with Crippen LogP contribution in [0.25, 0.3) is 0 Å². The molecule has 1 N–H and O–H groups in total. The normalized spacial score (nSPS) is 29.0. The first-order valence-electron chi connectivity index (χ1n) is 9.84. The maximum atomic E-state index is 11.0. The summed E-state index contributed by atoms with van der Waals surface area (Å²) in [5.41, 5.74) is 0.558. The van der Waals surface area contributed by atoms with Gasteiger partial charge in [0.1, 0.15) is 0 Å². The van der Waals surface area contributed by atoms with E-state index in [1.807, 2.05) is 26.0 Å². The van der Waals surface area contributed by atoms with Crippen molar-refractivity contribution in [1.82, 2.24) is 4.90 Å². The molecule has 3 rings (SSSR count). The highest BCUT2D eigenvalue weighted by Gasteiger charge is 2.47. The molecule has 0 radical (unpaired) electrons. The number of aliphatic hydroxyl groups is 1. The zero-order chi connectivity index (χ0) is 18.9. The van der Waals surface area contributed by atoms with Crippen molar-refractivity contribution in [3.05, 3.63) is 22.7 Å². The van der Waals surface area contributed by atoms with Gasteiger partial charge in [-0.1, -0.05) is 24.9 Å². The van der Waals surface area contributed by atoms with Crippen LogP contribution in [0.5, 0.6) is 11.5 Å². The monoisotopic (exact) mass is 381 g/mol. The van der Waals surface area contributed by atoms with E-state index in [4.69, 9.17) is 21.1 Å². The quantitative estimate of drug-likeness (QED) is 0.787. The lowest BCUT2D eigenvalue weighted by molar-refractivity contribution is -0.0613. The van der Waals surface area contributed by atoms with E-state index < -0.39 is 5.60 Å². The fourth-order valence-electron chi connectivity index (χ4n) is 4.79. The minimum absolute atomic E-state index is 0.0650. The fourth-order valence-corrected chi connectivity index (χ4v) is 5.02. The number of fused-ring (bicyclic) bond motifs is 1. The van der Waals surface area contributed by atoms with Gasteiger partial charge in [-0.25, -0.2) is 0 Å². The molecule has 0 aromatic heterocycles. The van der Waals surface area contributed by atoms with Crippen molar-refractivity contribution in [1.29, 1.82) is 0 Å². The van der Waals surface area contributed by atoms with Crippen LogP contribution in [0.2, 0.25) is 5.02 Å². The van der Waals surface area contributed by atoms with Crippen molar-refractivity contribution in [2.75, 3.05) is 20.2 Å². The number of hydrogen-bond donors (Lipinski definition) is 1. The highest BCUT2D eigenvalue weighted by atomic mass is 35.5. The van der Waals surface area contributed by atoms with Crippen LogP contribution in [-0.2, 0) is 6.54 Å². The van der Waals surface area contributed by atoms with Crippen molar-refractivity contribution in [2.24, 2.45) is 11.8 Å². The summed E-state index contributed by atoms with van der Waals surface area (Å²) in [5, 5.41) is 11.7. The van der Waals surface area contributed by atoms with Crippen molar-refractivity contribution in [3.8, 4) is 11.5 Å². The minimum atomic E-state index is -0.499. The average Bonchev–Trinajstić information content (AvgIpc) is 3.01. The van der Waals surface area contributed by atoms with Gasteiger partial charge in [-0.15, -0.1) is 0 Å². The van der Waals surface area contributed by atoms with Gasteiger partial charge in [0.05, 0.1) is 18.8 Å². The first-order valence-corrected chi connectivity index (χ1v) is 10.2. The van der Waals surface area contributed by atoms with Gasteiger partial charge in [-0.05, 0) is 45.1 Å². The molecular weight excluding hydrogens is 350 g/mol. The number of benzene rings is 1. The molecule has 2 fully saturated rings. The predicted molar refractivity (Wildman–Crippen MR) is 105 cm³/mol. The Bertz CT molecular complexity index is 636. The van der Waals surface area contributed by atoms with Crippen LogP contribution in [0, 0.1) is 11.8 Å². The molecule has 0 amide bonds. The zero-order valence-electron chi connectivity index (χ0n) is 16.4. The molecule has 1 aromatic carbocycles. The first-order chi connectivity index (χ1) is 12.4. The SMILES string of the molecule is CC[C@]1(O)CCC[C@H]2CN(Cc3cc(Cl)cc(OC)c3OC(C)C)C[C@H]21. The second kappa shape index (κ2) is 7.95. The largest absolute Gasteiger partial charge is 0.493 e. The summed E-state index contributed by atoms with van der Waals surface area (Å²) < 4.78 is 11.6. The summed E-state index contributed by atoms with van der Waals surface area (Å²) in [6, 6.07) is 3.79. The van der Waals surface area contributed by atoms with Crippen molar-refractivity contribution in [3.63, 3.8) is 0 Å². The summed E-state index contributed by atoms with van der Waals surface area (Å²) in [6.45, 7) is 8.88. The van der Waals surface area contributed by atoms with Gasteiger partial charge in [0.25, 0.3) is 0 Å². The van der Waals surface area contributed by atoms with Gasteiger partial charge >= 0.3 is 0 Å². The zero-order valence-corrected chi connectivity index (χ0v) is 17.2. The van der Waals surface area contributed by atoms with Crippen LogP contribution in [0.4, 0.5) is 0 Å². The summed E-state index contributed by atoms with van der Waals surface area (Å²) in [6.07, 6.45) is 4.19. The van der Waals surface area contributed by atoms with Crippen LogP contribution in [0.3, 0.4) is 0 Å². The topological polar surface area (TPSA) is 41.9 Å². The van der Waals surface area contributed by atoms with Crippen molar-refractivity contribution < 1.29 is 14.6 Å². The minimum Gasteiger partial charge on any atom is -0.493 e. The van der Waals surface area contributed by atoms with Crippen LogP contribution in [-0.4, -0.2) is 41.9 Å². The van der Waals surface area contributed by atoms with E-state index in [2.05, 4.69) is 11.8 Å². The Morgan fingerprint density at radius 1 is 1.35 bits per heavy atom. The molecule has 26 heavy (non-hydrogen) atoms. The lowest BCUT2D eigenvalue weighted by Crippen LogP contribution is -2.44. The molecule has 5 heteroatoms. The molecule has 1 aliphatic carbocycles. The van der Waals surface area contributed by atoms with Crippen LogP contribution in [0.15, 0.2) is 12.1 Å². The molecule has 1 aliphatic heterocycles. The van der Waals surface area contributed by atoms with Gasteiger partial charge in [-0.3, -0.25) is 4.90 Å². The summed E-state index contributed by atoms with van der Waals surface area (Å²) >= 11 is 6.32. The summed E-state index contributed by atoms with van der Waals surface area (Å²) in [4.78, 5) is 2.44. The van der Waals surface area contributed by atoms with Crippen LogP contribution >= 0.6 is 11.6 Å². The Kier molecular flexibility index (Phi) is 6.05. The summed E-state index contributed by atoms with van der Waals surface area (Å²) in [5.74, 6) is 2.43. The van der Waals surface area contributed by atoms with E-state index in [0.717, 1.165) is 50.2 Å². The van der Waals surface area contributed by atoms with E-state index in [1.54, 1.807) is 7.11 Å². The molecule has 0 bridgehead atoms. The van der Waals surface area contributed by atoms with E-state index in [9.17, 15) is 5.11 Å². The lowest BCUT2D eigenvalue weighted by atomic mass is 9.69. The second-order valence-corrected chi connectivity index (χ2v) is 8.61. The van der Waals surface area contributed by atoms with Crippen molar-refractivity contribution >= 4 is 11.6 Å². The fraction of sp³-hybridized carbons (Fsp3) is 0.714. The van der Waals surface area contributed by atoms with Crippen molar-refractivity contribution in [2.45, 2.75) is 64.7 Å². The third-order valence-electron chi connectivity index (χ3n) is 6.07. The Morgan fingerprint density at radius 2 is 2.12 bits per heavy atom. The number of rotatable bonds is 6. The van der Waals surface area contributed by atoms with Gasteiger partial charge in [0, 0.05) is 42.2 Å². The molecule has 1 heterocycles. The van der Waals surface area contributed by atoms with Gasteiger partial charge in [0.15, 0.2) is 11.5 Å². The second-order valence-electron chi connectivity index (χ2n) is 8.17. The van der Waals surface area contributed by atoms with E-state index in [0.29, 0.717) is 22.6 Å². The summed E-state index contributed by atoms with van der Waals surface area (Å²) in [7, 11) is 1.65. The lowest BCUT2D eigenvalue weighted by Gasteiger charge is -2.40. The Morgan fingerprint density at radius 3 is 2.77 bits per heavy atom. The maximum Gasteiger partial charge on any atom is 0.166 e. The Labute approximate surface area is 162 Å². The molecule has 1 saturated carbocycles. The average molecular weight is 382 g/mol. The Balaban J connectivity index is 1.82. The van der Waals surface area contributed by atoms with E-state index in [1.165, 1.54) is 6.42 Å². The molecule has 146 valence electrons. The number of methoxy groups -OCH3 is 1. The molecule has 3 atom stereocenters. The van der Waals surface area contributed by atoms with Gasteiger partial charge < -0.3 is 14.6 Å². The molecule has 4 nitrogen and oxygen atoms in total. The maximum absolute atomic E-state index is 11.0. The number of ether oxygens (including phenoxy) is 2. The number of nitrogens with zero attached hydrogens (tertiary/aromatic N) is 1. The molecule has 1 aromatic rings. The standard InChI is InChI=1S/C21H32ClNO3/c1-5-21(24)8-6-7-15-11-23(13-18(15)21)12-16-9-17(22)10-19(25-4)20(16)26-14(2)3/h9-10,14-15,18,24H,5-8,11-13H2,1-4H3/t15-,18+,21-/m0/s1. The van der Waals surface area contributed by atoms with Crippen LogP contribution < -0.4 is 9.47 Å². The van der Waals surface area contributed by atoms with Crippen LogP contribution in [0.1, 0.15) is 52.0 Å². The third kappa shape index (κ3) is 3.97. The highest BCUT2D eigenvalue weighted by molar-refractivity contribution is 6.30. The molecule has 0 spiro atoms. The van der Waals surface area contributed by atoms with E-state index in [-0.39, 0.29) is 6.10 Å². The number of hydrogen-bond acceptors (Lipinski definition) is 4. The molecule has 1 saturated heterocycles. The van der Waals surface area contributed by atoms with Gasteiger partial charge in [0.2, 0.25) is 0 Å². The van der Waals surface area contributed by atoms with Gasteiger partial charge in [-0.2, -0.15) is 0 Å². The highest BCUT2D eigenvalue weighted by Crippen LogP contribution is 2.45. The smallest absolute Gasteiger partial charge is 0.166 e.